The van der Waals surface area contributed by atoms with Crippen LogP contribution >= 0.6 is 15.9 Å². The molecule has 0 aliphatic carbocycles. The molecule has 1 aromatic heterocycles. The Bertz CT molecular complexity index is 2090. The fourth-order valence-electron chi connectivity index (χ4n) is 8.82. The highest BCUT2D eigenvalue weighted by molar-refractivity contribution is 9.10. The number of carbonyl (C=O) groups is 2. The van der Waals surface area contributed by atoms with Gasteiger partial charge < -0.3 is 50.0 Å². The van der Waals surface area contributed by atoms with E-state index in [-0.39, 0.29) is 36.6 Å². The maximum Gasteiger partial charge on any atom is 0.264 e. The maximum atomic E-state index is 15.2. The van der Waals surface area contributed by atoms with Gasteiger partial charge >= 0.3 is 0 Å². The summed E-state index contributed by atoms with van der Waals surface area (Å²) in [6.07, 6.45) is -6.24. The first-order valence-corrected chi connectivity index (χ1v) is 22.8. The van der Waals surface area contributed by atoms with Gasteiger partial charge in [0.05, 0.1) is 39.2 Å². The van der Waals surface area contributed by atoms with E-state index in [2.05, 4.69) is 63.7 Å². The van der Waals surface area contributed by atoms with E-state index in [9.17, 15) is 30.3 Å². The van der Waals surface area contributed by atoms with Crippen LogP contribution in [0.3, 0.4) is 0 Å². The Morgan fingerprint density at radius 2 is 1.74 bits per heavy atom. The minimum Gasteiger partial charge on any atom is -0.497 e. The number of hydrogen-bond acceptors (Lipinski definition) is 12. The molecule has 0 unspecified atom stereocenters. The predicted octanol–water partition coefficient (Wildman–Crippen LogP) is 2.18. The lowest BCUT2D eigenvalue weighted by atomic mass is 9.82. The summed E-state index contributed by atoms with van der Waals surface area (Å²) in [5.41, 5.74) is 2.07. The monoisotopic (exact) mass is 865 g/mol. The van der Waals surface area contributed by atoms with Crippen LogP contribution in [0.1, 0.15) is 30.2 Å². The Morgan fingerprint density at radius 1 is 1.02 bits per heavy atom. The number of aryl methyl sites for hydroxylation is 1. The van der Waals surface area contributed by atoms with Crippen LogP contribution in [0.15, 0.2) is 77.4 Å². The highest BCUT2D eigenvalue weighted by atomic mass is 79.9. The van der Waals surface area contributed by atoms with Crippen LogP contribution in [0.4, 0.5) is 11.4 Å². The van der Waals surface area contributed by atoms with Gasteiger partial charge in [-0.2, -0.15) is 0 Å². The third kappa shape index (κ3) is 7.56. The molecule has 2 fully saturated rings. The second-order valence-electron chi connectivity index (χ2n) is 15.5. The van der Waals surface area contributed by atoms with E-state index in [1.807, 2.05) is 36.5 Å². The van der Waals surface area contributed by atoms with Crippen molar-refractivity contribution in [1.82, 2.24) is 15.0 Å². The van der Waals surface area contributed by atoms with Crippen LogP contribution in [0.2, 0.25) is 18.6 Å². The molecule has 0 radical (unpaired) electrons. The Kier molecular flexibility index (Phi) is 11.8. The molecule has 2 saturated heterocycles. The number of anilines is 2. The summed E-state index contributed by atoms with van der Waals surface area (Å²) < 4.78 is 20.4. The zero-order chi connectivity index (χ0) is 40.8. The SMILES string of the molecule is COc1ccc([Si](C)(C)[C@@H]2[C@@H](CCn3cc(CCO)nn3)O[C@]3(C(=O)N(Cc4ccc(NC(=O)[C@H]5O[C@@H](O)[C@H](O)[C@@H](O)[C@@H]5O)cc4)c4ccc(Br)cc43)[C@H]2C)cc1. The van der Waals surface area contributed by atoms with Crippen LogP contribution in [0.25, 0.3) is 0 Å². The lowest BCUT2D eigenvalue weighted by Gasteiger charge is -2.37. The van der Waals surface area contributed by atoms with E-state index < -0.39 is 50.3 Å². The molecule has 4 aromatic rings. The lowest BCUT2D eigenvalue weighted by Crippen LogP contribution is -2.60. The van der Waals surface area contributed by atoms with Crippen LogP contribution in [-0.2, 0) is 44.2 Å². The van der Waals surface area contributed by atoms with Crippen LogP contribution in [0.5, 0.6) is 5.75 Å². The Balaban J connectivity index is 1.17. The maximum absolute atomic E-state index is 15.2. The summed E-state index contributed by atoms with van der Waals surface area (Å²) in [5, 5.41) is 61.7. The highest BCUT2D eigenvalue weighted by Crippen LogP contribution is 2.60. The minimum absolute atomic E-state index is 0.00195. The summed E-state index contributed by atoms with van der Waals surface area (Å²) in [5.74, 6) is -0.444. The molecule has 15 nitrogen and oxygen atoms in total. The summed E-state index contributed by atoms with van der Waals surface area (Å²) in [4.78, 5) is 29.9. The lowest BCUT2D eigenvalue weighted by molar-refractivity contribution is -0.274. The fraction of sp³-hybridized carbons (Fsp3) is 0.450. The molecule has 3 aliphatic heterocycles. The number of rotatable bonds is 12. The normalized spacial score (nSPS) is 28.5. The molecule has 7 rings (SSSR count). The molecule has 57 heavy (non-hydrogen) atoms. The Hall–Kier alpha value is -4.04. The second kappa shape index (κ2) is 16.3. The quantitative estimate of drug-likeness (QED) is 0.113. The minimum atomic E-state index is -2.40. The van der Waals surface area contributed by atoms with Crippen molar-refractivity contribution in [2.24, 2.45) is 5.92 Å². The van der Waals surface area contributed by atoms with Crippen LogP contribution in [0, 0.1) is 5.92 Å². The molecular weight excluding hydrogens is 818 g/mol. The second-order valence-corrected chi connectivity index (χ2v) is 21.2. The molecular formula is C40H48BrN5O10Si. The van der Waals surface area contributed by atoms with Gasteiger partial charge in [0.1, 0.15) is 24.1 Å². The van der Waals surface area contributed by atoms with Crippen molar-refractivity contribution < 1.29 is 49.3 Å². The first kappa shape index (κ1) is 41.1. The largest absolute Gasteiger partial charge is 0.497 e. The van der Waals surface area contributed by atoms with E-state index in [4.69, 9.17) is 14.2 Å². The summed E-state index contributed by atoms with van der Waals surface area (Å²) >= 11 is 3.66. The molecule has 304 valence electrons. The van der Waals surface area contributed by atoms with Crippen molar-refractivity contribution in [3.8, 4) is 5.75 Å². The molecule has 1 spiro atoms. The first-order valence-electron chi connectivity index (χ1n) is 18.9. The van der Waals surface area contributed by atoms with Gasteiger partial charge in [-0.15, -0.1) is 5.10 Å². The van der Waals surface area contributed by atoms with E-state index in [0.29, 0.717) is 30.8 Å². The zero-order valence-electron chi connectivity index (χ0n) is 32.0. The average molecular weight is 867 g/mol. The smallest absolute Gasteiger partial charge is 0.264 e. The Morgan fingerprint density at radius 3 is 2.42 bits per heavy atom. The molecule has 0 saturated carbocycles. The molecule has 6 N–H and O–H groups in total. The number of nitrogens with one attached hydrogen (secondary N) is 1. The van der Waals surface area contributed by atoms with Crippen molar-refractivity contribution in [1.29, 1.82) is 0 Å². The topological polar surface area (TPSA) is 209 Å². The number of aliphatic hydroxyl groups is 5. The number of nitrogens with zero attached hydrogens (tertiary/aromatic N) is 4. The van der Waals surface area contributed by atoms with Gasteiger partial charge in [-0.05, 0) is 60.0 Å². The third-order valence-electron chi connectivity index (χ3n) is 11.8. The van der Waals surface area contributed by atoms with Gasteiger partial charge in [0, 0.05) is 47.4 Å². The number of methoxy groups -OCH3 is 1. The predicted molar refractivity (Wildman–Crippen MR) is 214 cm³/mol. The van der Waals surface area contributed by atoms with Crippen molar-refractivity contribution in [3.05, 3.63) is 94.2 Å². The molecule has 17 heteroatoms. The number of halogens is 1. The summed E-state index contributed by atoms with van der Waals surface area (Å²) in [6.45, 7) is 7.49. The van der Waals surface area contributed by atoms with E-state index in [0.717, 1.165) is 27.0 Å². The molecule has 3 aromatic carbocycles. The molecule has 2 amide bonds. The number of fused-ring (bicyclic) bond motifs is 2. The first-order chi connectivity index (χ1) is 27.2. The number of aromatic nitrogens is 3. The van der Waals surface area contributed by atoms with Gasteiger partial charge in [0.15, 0.2) is 18.0 Å². The van der Waals surface area contributed by atoms with E-state index in [1.54, 1.807) is 41.0 Å². The number of ether oxygens (including phenoxy) is 3. The molecule has 9 atom stereocenters. The number of hydrogen-bond donors (Lipinski definition) is 6. The summed E-state index contributed by atoms with van der Waals surface area (Å²) in [6, 6.07) is 20.8. The number of benzene rings is 3. The van der Waals surface area contributed by atoms with Gasteiger partial charge in [-0.1, -0.05) is 70.6 Å². The standard InChI is InChI=1S/C40H48BrN5O10Si/c1-22-36(57(3,4)28-12-10-27(54-2)11-13-28)31(15-17-45-21-26(16-18-47)43-44-45)56-40(22)29-19-24(41)7-14-30(29)46(39(40)53)20-23-5-8-25(9-6-23)42-37(51)35-33(49)32(48)34(50)38(52)55-35/h5-14,19,21-22,31-36,38,47-50,52H,15-18,20H2,1-4H3,(H,42,51)/t22-,31+,32-,33-,34+,35-,36-,38+,40+/m0/s1. The number of aliphatic hydroxyl groups excluding tert-OH is 5. The van der Waals surface area contributed by atoms with Gasteiger partial charge in [-0.25, -0.2) is 0 Å². The van der Waals surface area contributed by atoms with Gasteiger partial charge in [-0.3, -0.25) is 14.3 Å². The third-order valence-corrected chi connectivity index (χ3v) is 16.7. The highest BCUT2D eigenvalue weighted by Gasteiger charge is 2.66. The molecule has 3 aliphatic rings. The van der Waals surface area contributed by atoms with Gasteiger partial charge in [0.25, 0.3) is 11.8 Å². The van der Waals surface area contributed by atoms with Crippen molar-refractivity contribution >= 4 is 52.4 Å². The molecule has 4 heterocycles. The average Bonchev–Trinajstić information content (AvgIpc) is 3.84. The van der Waals surface area contributed by atoms with Crippen molar-refractivity contribution in [3.63, 3.8) is 0 Å². The Labute approximate surface area is 339 Å². The van der Waals surface area contributed by atoms with Crippen LogP contribution < -0.4 is 20.1 Å². The van der Waals surface area contributed by atoms with Crippen LogP contribution in [-0.4, -0.2) is 111 Å². The summed E-state index contributed by atoms with van der Waals surface area (Å²) in [7, 11) is -0.752. The van der Waals surface area contributed by atoms with E-state index >= 15 is 4.79 Å². The van der Waals surface area contributed by atoms with Crippen molar-refractivity contribution in [2.45, 2.75) is 93.9 Å². The molecule has 0 bridgehead atoms. The number of amides is 2. The van der Waals surface area contributed by atoms with E-state index in [1.165, 1.54) is 5.19 Å². The van der Waals surface area contributed by atoms with Crippen molar-refractivity contribution in [2.75, 3.05) is 23.9 Å². The zero-order valence-corrected chi connectivity index (χ0v) is 34.6. The van der Waals surface area contributed by atoms with Gasteiger partial charge in [0.2, 0.25) is 0 Å². The number of carbonyl (C=O) groups excluding carboxylic acids is 2. The fourth-order valence-corrected chi connectivity index (χ4v) is 13.2.